The van der Waals surface area contributed by atoms with Gasteiger partial charge >= 0.3 is 0 Å². The number of hydrogen-bond donors (Lipinski definition) is 4. The van der Waals surface area contributed by atoms with Crippen LogP contribution < -0.4 is 0 Å². The van der Waals surface area contributed by atoms with Gasteiger partial charge in [-0.25, -0.2) is 0 Å². The Kier molecular flexibility index (Phi) is 13.6. The molecule has 0 N–H and O–H groups in total. The highest BCUT2D eigenvalue weighted by atomic mass is 32.2. The van der Waals surface area contributed by atoms with Gasteiger partial charge in [0.25, 0.3) is 0 Å². The quantitative estimate of drug-likeness (QED) is 0.150. The normalized spacial score (nSPS) is 12.9. The molecule has 0 aliphatic carbocycles. The van der Waals surface area contributed by atoms with Crippen molar-refractivity contribution < 1.29 is 4.74 Å². The maximum atomic E-state index is 5.90. The lowest BCUT2D eigenvalue weighted by Crippen LogP contribution is -2.30. The van der Waals surface area contributed by atoms with Gasteiger partial charge in [0.2, 0.25) is 0 Å². The van der Waals surface area contributed by atoms with E-state index in [4.69, 9.17) is 4.74 Å². The van der Waals surface area contributed by atoms with E-state index in [1.54, 1.807) is 0 Å². The molecule has 128 valence electrons. The second-order valence-electron chi connectivity index (χ2n) is 5.92. The number of thiol groups is 4. The van der Waals surface area contributed by atoms with Gasteiger partial charge in [0.1, 0.15) is 0 Å². The number of unbranched alkanes of at least 4 members (excludes halogenated alkanes) is 8. The van der Waals surface area contributed by atoms with Crippen molar-refractivity contribution in [2.24, 2.45) is 0 Å². The van der Waals surface area contributed by atoms with Crippen LogP contribution in [0.25, 0.3) is 0 Å². The Morgan fingerprint density at radius 2 is 0.905 bits per heavy atom. The minimum atomic E-state index is -0.737. The smallest absolute Gasteiger partial charge is 0.157 e. The van der Waals surface area contributed by atoms with E-state index < -0.39 is 8.53 Å². The zero-order valence-electron chi connectivity index (χ0n) is 13.7. The molecule has 0 radical (unpaired) electrons. The Hall–Kier alpha value is 1.36. The van der Waals surface area contributed by atoms with Crippen LogP contribution in [0.2, 0.25) is 0 Å². The number of rotatable bonds is 14. The monoisotopic (exact) mass is 370 g/mol. The van der Waals surface area contributed by atoms with Crippen molar-refractivity contribution in [3.8, 4) is 0 Å². The molecule has 0 amide bonds. The van der Waals surface area contributed by atoms with Gasteiger partial charge in [0.05, 0.1) is 0 Å². The summed E-state index contributed by atoms with van der Waals surface area (Å²) in [6, 6.07) is 0. The van der Waals surface area contributed by atoms with E-state index in [1.807, 2.05) is 0 Å². The predicted octanol–water partition coefficient (Wildman–Crippen LogP) is 6.75. The highest BCUT2D eigenvalue weighted by Gasteiger charge is 2.31. The summed E-state index contributed by atoms with van der Waals surface area (Å²) in [5.74, 6) is 0. The van der Waals surface area contributed by atoms with Gasteiger partial charge in [-0.05, 0) is 25.7 Å². The minimum Gasteiger partial charge on any atom is -0.329 e. The van der Waals surface area contributed by atoms with E-state index in [0.29, 0.717) is 0 Å². The molecule has 0 bridgehead atoms. The molecular formula is C16H34OS4. The van der Waals surface area contributed by atoms with E-state index in [9.17, 15) is 0 Å². The van der Waals surface area contributed by atoms with Crippen LogP contribution >= 0.6 is 50.5 Å². The molecule has 0 atom stereocenters. The van der Waals surface area contributed by atoms with E-state index in [0.717, 1.165) is 25.7 Å². The second kappa shape index (κ2) is 12.7. The van der Waals surface area contributed by atoms with Gasteiger partial charge in [-0.3, -0.25) is 0 Å². The van der Waals surface area contributed by atoms with Gasteiger partial charge in [-0.1, -0.05) is 65.2 Å². The van der Waals surface area contributed by atoms with Crippen LogP contribution in [0.15, 0.2) is 0 Å². The topological polar surface area (TPSA) is 9.23 Å². The first-order valence-corrected chi connectivity index (χ1v) is 10.2. The summed E-state index contributed by atoms with van der Waals surface area (Å²) in [7, 11) is 0. The van der Waals surface area contributed by atoms with Crippen molar-refractivity contribution in [1.82, 2.24) is 0 Å². The molecule has 5 heteroatoms. The van der Waals surface area contributed by atoms with Crippen LogP contribution in [-0.2, 0) is 4.74 Å². The van der Waals surface area contributed by atoms with Crippen molar-refractivity contribution in [1.29, 1.82) is 0 Å². The number of ether oxygens (including phenoxy) is 1. The molecule has 0 fully saturated rings. The van der Waals surface area contributed by atoms with Gasteiger partial charge in [0.15, 0.2) is 8.53 Å². The Morgan fingerprint density at radius 1 is 0.571 bits per heavy atom. The number of hydrogen-bond acceptors (Lipinski definition) is 5. The molecule has 0 aromatic rings. The fourth-order valence-corrected chi connectivity index (χ4v) is 3.83. The first kappa shape index (κ1) is 22.4. The first-order chi connectivity index (χ1) is 9.83. The summed E-state index contributed by atoms with van der Waals surface area (Å²) in [6.45, 7) is 4.45. The summed E-state index contributed by atoms with van der Waals surface area (Å²) in [5.41, 5.74) is 0. The fraction of sp³-hybridized carbons (Fsp3) is 1.00. The highest BCUT2D eigenvalue weighted by Crippen LogP contribution is 2.39. The lowest BCUT2D eigenvalue weighted by molar-refractivity contribution is 0.0408. The zero-order chi connectivity index (χ0) is 16.2. The maximum Gasteiger partial charge on any atom is 0.157 e. The third-order valence-corrected chi connectivity index (χ3v) is 4.80. The van der Waals surface area contributed by atoms with Crippen molar-refractivity contribution in [3.63, 3.8) is 0 Å². The summed E-state index contributed by atoms with van der Waals surface area (Å²) < 4.78 is 4.42. The van der Waals surface area contributed by atoms with Crippen LogP contribution in [0.5, 0.6) is 0 Å². The Balaban J connectivity index is 3.87. The summed E-state index contributed by atoms with van der Waals surface area (Å²) >= 11 is 18.1. The summed E-state index contributed by atoms with van der Waals surface area (Å²) in [6.07, 6.45) is 13.9. The zero-order valence-corrected chi connectivity index (χ0v) is 17.3. The molecule has 0 aromatic carbocycles. The largest absolute Gasteiger partial charge is 0.329 e. The standard InChI is InChI=1S/C16H34OS4/c1-3-5-7-9-11-13-15(18,19)17-16(20,21)14-12-10-8-6-4-2/h18-21H,3-14H2,1-2H3. The fourth-order valence-electron chi connectivity index (χ4n) is 2.28. The van der Waals surface area contributed by atoms with Crippen molar-refractivity contribution >= 4 is 50.5 Å². The van der Waals surface area contributed by atoms with Gasteiger partial charge in [-0.15, -0.1) is 50.5 Å². The van der Waals surface area contributed by atoms with Crippen LogP contribution in [0.3, 0.4) is 0 Å². The maximum absolute atomic E-state index is 5.90. The van der Waals surface area contributed by atoms with Gasteiger partial charge in [-0.2, -0.15) is 0 Å². The van der Waals surface area contributed by atoms with E-state index in [1.165, 1.54) is 51.4 Å². The van der Waals surface area contributed by atoms with E-state index in [2.05, 4.69) is 64.4 Å². The third-order valence-electron chi connectivity index (χ3n) is 3.54. The Labute approximate surface area is 154 Å². The molecule has 0 rings (SSSR count). The van der Waals surface area contributed by atoms with Crippen molar-refractivity contribution in [2.45, 2.75) is 99.4 Å². The SMILES string of the molecule is CCCCCCCC(S)(S)OC(S)(S)CCCCCCC. The predicted molar refractivity (Wildman–Crippen MR) is 109 cm³/mol. The molecule has 0 aliphatic heterocycles. The molecule has 0 heterocycles. The molecule has 0 saturated heterocycles. The molecular weight excluding hydrogens is 336 g/mol. The van der Waals surface area contributed by atoms with Crippen LogP contribution in [0.4, 0.5) is 0 Å². The second-order valence-corrected chi connectivity index (χ2v) is 9.51. The van der Waals surface area contributed by atoms with Crippen LogP contribution in [0.1, 0.15) is 90.9 Å². The third kappa shape index (κ3) is 14.7. The van der Waals surface area contributed by atoms with Gasteiger partial charge in [0, 0.05) is 0 Å². The Morgan fingerprint density at radius 3 is 1.24 bits per heavy atom. The summed E-state index contributed by atoms with van der Waals surface area (Å²) in [4.78, 5) is 0. The lowest BCUT2D eigenvalue weighted by Gasteiger charge is -2.33. The van der Waals surface area contributed by atoms with Crippen LogP contribution in [0, 0.1) is 0 Å². The average Bonchev–Trinajstić information content (AvgIpc) is 2.36. The van der Waals surface area contributed by atoms with Gasteiger partial charge < -0.3 is 4.74 Å². The molecule has 0 saturated carbocycles. The summed E-state index contributed by atoms with van der Waals surface area (Å²) in [5, 5.41) is 0. The molecule has 0 aliphatic rings. The van der Waals surface area contributed by atoms with Crippen molar-refractivity contribution in [3.05, 3.63) is 0 Å². The Bertz CT molecular complexity index is 220. The molecule has 0 aromatic heterocycles. The van der Waals surface area contributed by atoms with Crippen molar-refractivity contribution in [2.75, 3.05) is 0 Å². The highest BCUT2D eigenvalue weighted by molar-refractivity contribution is 8.01. The van der Waals surface area contributed by atoms with E-state index in [-0.39, 0.29) is 0 Å². The van der Waals surface area contributed by atoms with E-state index >= 15 is 0 Å². The molecule has 0 spiro atoms. The minimum absolute atomic E-state index is 0.737. The lowest BCUT2D eigenvalue weighted by atomic mass is 10.1. The molecule has 0 unspecified atom stereocenters. The average molecular weight is 371 g/mol. The van der Waals surface area contributed by atoms with Crippen LogP contribution in [-0.4, -0.2) is 8.53 Å². The molecule has 21 heavy (non-hydrogen) atoms. The first-order valence-electron chi connectivity index (χ1n) is 8.42. The molecule has 1 nitrogen and oxygen atoms in total.